The quantitative estimate of drug-likeness (QED) is 0.204. The van der Waals surface area contributed by atoms with Gasteiger partial charge in [-0.3, -0.25) is 0 Å². The smallest absolute Gasteiger partial charge is 0.164 e. The van der Waals surface area contributed by atoms with Crippen LogP contribution in [0.3, 0.4) is 0 Å². The summed E-state index contributed by atoms with van der Waals surface area (Å²) in [6, 6.07) is 39.0. The van der Waals surface area contributed by atoms with Crippen LogP contribution < -0.4 is 4.90 Å². The Balaban J connectivity index is 1.36. The molecule has 3 aliphatic heterocycles. The Morgan fingerprint density at radius 1 is 0.370 bits per heavy atom. The molecule has 1 aromatic heterocycles. The molecule has 4 heterocycles. The fourth-order valence-corrected chi connectivity index (χ4v) is 8.25. The van der Waals surface area contributed by atoms with E-state index in [2.05, 4.69) is 119 Å². The normalized spacial score (nSPS) is 17.0. The summed E-state index contributed by atoms with van der Waals surface area (Å²) in [5.41, 5.74) is 14.5. The number of nitrogens with zero attached hydrogens (tertiary/aromatic N) is 4. The minimum atomic E-state index is -0.241. The average molecular weight is 597 g/mol. The van der Waals surface area contributed by atoms with Crippen molar-refractivity contribution in [2.45, 2.75) is 57.8 Å². The van der Waals surface area contributed by atoms with Crippen molar-refractivity contribution in [3.05, 3.63) is 143 Å². The van der Waals surface area contributed by atoms with Crippen LogP contribution in [0.4, 0.5) is 17.1 Å². The largest absolute Gasteiger partial charge is 0.309 e. The van der Waals surface area contributed by atoms with Gasteiger partial charge < -0.3 is 4.90 Å². The molecule has 9 rings (SSSR count). The van der Waals surface area contributed by atoms with Gasteiger partial charge in [0.05, 0.1) is 17.1 Å². The van der Waals surface area contributed by atoms with Crippen LogP contribution in [0.5, 0.6) is 0 Å². The van der Waals surface area contributed by atoms with Gasteiger partial charge in [-0.15, -0.1) is 0 Å². The van der Waals surface area contributed by atoms with E-state index in [0.717, 1.165) is 16.7 Å². The molecule has 3 aliphatic rings. The van der Waals surface area contributed by atoms with Crippen molar-refractivity contribution in [2.75, 3.05) is 4.90 Å². The van der Waals surface area contributed by atoms with Crippen LogP contribution >= 0.6 is 0 Å². The molecule has 0 radical (unpaired) electrons. The van der Waals surface area contributed by atoms with Crippen molar-refractivity contribution >= 4 is 17.1 Å². The van der Waals surface area contributed by atoms with Gasteiger partial charge in [0.15, 0.2) is 17.5 Å². The number of benzene rings is 5. The molecule has 0 fully saturated rings. The molecule has 0 saturated carbocycles. The molecule has 224 valence electrons. The maximum Gasteiger partial charge on any atom is 0.164 e. The predicted octanol–water partition coefficient (Wildman–Crippen LogP) is 10.3. The Kier molecular flexibility index (Phi) is 5.33. The fourth-order valence-electron chi connectivity index (χ4n) is 8.25. The number of aromatic nitrogens is 3. The van der Waals surface area contributed by atoms with E-state index in [1.165, 1.54) is 50.4 Å². The first-order chi connectivity index (χ1) is 22.1. The van der Waals surface area contributed by atoms with Gasteiger partial charge in [0.1, 0.15) is 0 Å². The fraction of sp³-hybridized carbons (Fsp3) is 0.214. The lowest BCUT2D eigenvalue weighted by atomic mass is 9.60. The summed E-state index contributed by atoms with van der Waals surface area (Å²) in [4.78, 5) is 17.9. The zero-order chi connectivity index (χ0) is 31.6. The third kappa shape index (κ3) is 3.47. The lowest BCUT2D eigenvalue weighted by Crippen LogP contribution is -2.43. The van der Waals surface area contributed by atoms with Gasteiger partial charge >= 0.3 is 0 Å². The number of hydrogen-bond donors (Lipinski definition) is 0. The minimum absolute atomic E-state index is 0.110. The molecule has 0 spiro atoms. The van der Waals surface area contributed by atoms with Gasteiger partial charge in [0.2, 0.25) is 0 Å². The SMILES string of the molecule is CC1(C)c2cccc3c2N2c4c1cccc4C(C)(C)c1cc(-c4nc(-c5ccccc5)nc(-c5ccccc5)n4)cc(c12)C3(C)C. The van der Waals surface area contributed by atoms with Gasteiger partial charge in [0.25, 0.3) is 0 Å². The second kappa shape index (κ2) is 9.01. The van der Waals surface area contributed by atoms with Crippen LogP contribution in [-0.2, 0) is 16.2 Å². The van der Waals surface area contributed by atoms with Crippen molar-refractivity contribution in [3.63, 3.8) is 0 Å². The van der Waals surface area contributed by atoms with Gasteiger partial charge in [-0.05, 0) is 45.5 Å². The highest BCUT2D eigenvalue weighted by molar-refractivity contribution is 5.99. The molecule has 4 heteroatoms. The van der Waals surface area contributed by atoms with Crippen LogP contribution in [-0.4, -0.2) is 15.0 Å². The Morgan fingerprint density at radius 2 is 0.696 bits per heavy atom. The lowest BCUT2D eigenvalue weighted by Gasteiger charge is -2.55. The van der Waals surface area contributed by atoms with Crippen LogP contribution in [0.1, 0.15) is 74.9 Å². The molecule has 46 heavy (non-hydrogen) atoms. The molecular weight excluding hydrogens is 560 g/mol. The number of para-hydroxylation sites is 2. The standard InChI is InChI=1S/C42H36N4/c1-40(2)28-19-13-21-30-34(28)46-35-29(40)20-14-22-31(35)42(5,6)33-24-27(23-32(36(33)46)41(30,3)4)39-44-37(25-15-9-7-10-16-25)43-38(45-39)26-17-11-8-12-18-26/h7-24H,1-6H3. The van der Waals surface area contributed by atoms with E-state index >= 15 is 0 Å². The second-order valence-electron chi connectivity index (χ2n) is 14.6. The van der Waals surface area contributed by atoms with E-state index in [0.29, 0.717) is 17.5 Å². The zero-order valence-corrected chi connectivity index (χ0v) is 27.2. The van der Waals surface area contributed by atoms with Crippen molar-refractivity contribution in [1.82, 2.24) is 15.0 Å². The summed E-state index contributed by atoms with van der Waals surface area (Å²) in [5, 5.41) is 0. The Hall–Kier alpha value is -5.09. The molecule has 0 saturated heterocycles. The molecule has 0 amide bonds. The molecule has 6 aromatic rings. The Morgan fingerprint density at radius 3 is 1.09 bits per heavy atom. The second-order valence-corrected chi connectivity index (χ2v) is 14.6. The monoisotopic (exact) mass is 596 g/mol. The molecule has 4 nitrogen and oxygen atoms in total. The van der Waals surface area contributed by atoms with E-state index in [4.69, 9.17) is 15.0 Å². The third-order valence-electron chi connectivity index (χ3n) is 10.9. The summed E-state index contributed by atoms with van der Waals surface area (Å²) in [5.74, 6) is 2.05. The first-order valence-electron chi connectivity index (χ1n) is 16.2. The molecule has 5 aromatic carbocycles. The summed E-state index contributed by atoms with van der Waals surface area (Å²) >= 11 is 0. The molecule has 0 bridgehead atoms. The average Bonchev–Trinajstić information content (AvgIpc) is 3.07. The van der Waals surface area contributed by atoms with E-state index in [-0.39, 0.29) is 16.2 Å². The minimum Gasteiger partial charge on any atom is -0.309 e. The van der Waals surface area contributed by atoms with Crippen molar-refractivity contribution in [3.8, 4) is 34.2 Å². The third-order valence-corrected chi connectivity index (χ3v) is 10.9. The molecular formula is C42H36N4. The number of hydrogen-bond acceptors (Lipinski definition) is 4. The topological polar surface area (TPSA) is 41.9 Å². The van der Waals surface area contributed by atoms with E-state index < -0.39 is 0 Å². The highest BCUT2D eigenvalue weighted by Crippen LogP contribution is 2.66. The van der Waals surface area contributed by atoms with E-state index in [1.807, 2.05) is 36.4 Å². The number of anilines is 3. The predicted molar refractivity (Wildman–Crippen MR) is 187 cm³/mol. The van der Waals surface area contributed by atoms with E-state index in [9.17, 15) is 0 Å². The van der Waals surface area contributed by atoms with Crippen LogP contribution in [0.25, 0.3) is 34.2 Å². The van der Waals surface area contributed by atoms with Crippen LogP contribution in [0.2, 0.25) is 0 Å². The molecule has 0 atom stereocenters. The maximum atomic E-state index is 5.15. The van der Waals surface area contributed by atoms with Crippen LogP contribution in [0, 0.1) is 0 Å². The summed E-state index contributed by atoms with van der Waals surface area (Å²) in [6.45, 7) is 14.3. The first kappa shape index (κ1) is 27.2. The number of rotatable bonds is 3. The first-order valence-corrected chi connectivity index (χ1v) is 16.2. The lowest BCUT2D eigenvalue weighted by molar-refractivity contribution is 0.567. The Bertz CT molecular complexity index is 2080. The summed E-state index contributed by atoms with van der Waals surface area (Å²) in [6.07, 6.45) is 0. The Labute approximate surface area is 270 Å². The maximum absolute atomic E-state index is 5.15. The molecule has 0 unspecified atom stereocenters. The molecule has 0 N–H and O–H groups in total. The highest BCUT2D eigenvalue weighted by Gasteiger charge is 2.51. The van der Waals surface area contributed by atoms with Gasteiger partial charge in [-0.1, -0.05) is 139 Å². The van der Waals surface area contributed by atoms with E-state index in [1.54, 1.807) is 0 Å². The van der Waals surface area contributed by atoms with Crippen molar-refractivity contribution in [2.24, 2.45) is 0 Å². The van der Waals surface area contributed by atoms with Crippen molar-refractivity contribution < 1.29 is 0 Å². The molecule has 0 aliphatic carbocycles. The summed E-state index contributed by atoms with van der Waals surface area (Å²) in [7, 11) is 0. The summed E-state index contributed by atoms with van der Waals surface area (Å²) < 4.78 is 0. The van der Waals surface area contributed by atoms with Crippen LogP contribution in [0.15, 0.2) is 109 Å². The van der Waals surface area contributed by atoms with Gasteiger partial charge in [-0.25, -0.2) is 15.0 Å². The highest BCUT2D eigenvalue weighted by atomic mass is 15.2. The van der Waals surface area contributed by atoms with Crippen molar-refractivity contribution in [1.29, 1.82) is 0 Å². The van der Waals surface area contributed by atoms with Gasteiger partial charge in [-0.2, -0.15) is 0 Å². The zero-order valence-electron chi connectivity index (χ0n) is 27.2. The van der Waals surface area contributed by atoms with Gasteiger partial charge in [0, 0.05) is 32.9 Å².